The van der Waals surface area contributed by atoms with E-state index >= 15 is 0 Å². The number of nitrogens with two attached hydrogens (primary N) is 2. The highest BCUT2D eigenvalue weighted by Gasteiger charge is 2.52. The summed E-state index contributed by atoms with van der Waals surface area (Å²) in [7, 11) is 0. The van der Waals surface area contributed by atoms with Gasteiger partial charge in [0.25, 0.3) is 0 Å². The highest BCUT2D eigenvalue weighted by Crippen LogP contribution is 2.50. The lowest BCUT2D eigenvalue weighted by Crippen LogP contribution is -2.55. The van der Waals surface area contributed by atoms with Crippen molar-refractivity contribution in [3.63, 3.8) is 0 Å². The Morgan fingerprint density at radius 2 is 0.792 bits per heavy atom. The second-order valence-corrected chi connectivity index (χ2v) is 6.56. The number of carbonyl (C=O) groups is 2. The summed E-state index contributed by atoms with van der Waals surface area (Å²) in [6.07, 6.45) is 1.04. The molecule has 1 aliphatic rings. The van der Waals surface area contributed by atoms with Crippen molar-refractivity contribution in [3.05, 3.63) is 0 Å². The van der Waals surface area contributed by atoms with E-state index in [4.69, 9.17) is 11.5 Å². The smallest absolute Gasteiger partial charge is 0.221 e. The summed E-state index contributed by atoms with van der Waals surface area (Å²) in [5.41, 5.74) is 11.2. The Kier molecular flexibility index (Phi) is 8.61. The van der Waals surface area contributed by atoms with Crippen molar-refractivity contribution in [2.75, 3.05) is 26.4 Å². The zero-order valence-electron chi connectivity index (χ0n) is 13.9. The van der Waals surface area contributed by atoms with Gasteiger partial charge in [0.15, 0.2) is 0 Å². The molecule has 4 atom stereocenters. The van der Waals surface area contributed by atoms with E-state index in [1.165, 1.54) is 0 Å². The molecule has 0 heterocycles. The Labute approximate surface area is 141 Å². The van der Waals surface area contributed by atoms with E-state index in [2.05, 4.69) is 0 Å². The average molecular weight is 346 g/mol. The molecule has 0 saturated heterocycles. The van der Waals surface area contributed by atoms with Crippen molar-refractivity contribution in [1.29, 1.82) is 0 Å². The van der Waals surface area contributed by atoms with Gasteiger partial charge in [0.05, 0.1) is 0 Å². The number of rotatable bonds is 10. The Morgan fingerprint density at radius 1 is 0.583 bits per heavy atom. The fraction of sp³-hybridized carbons (Fsp3) is 0.875. The minimum atomic E-state index is -0.645. The van der Waals surface area contributed by atoms with Crippen LogP contribution in [0.3, 0.4) is 0 Å². The van der Waals surface area contributed by atoms with Crippen LogP contribution in [0.4, 0.5) is 0 Å². The van der Waals surface area contributed by atoms with Gasteiger partial charge in [0.1, 0.15) is 0 Å². The lowest BCUT2D eigenvalue weighted by Gasteiger charge is -2.50. The number of aliphatic hydroxyl groups is 4. The van der Waals surface area contributed by atoms with Gasteiger partial charge in [0.2, 0.25) is 11.8 Å². The number of aliphatic hydroxyl groups excluding tert-OH is 4. The van der Waals surface area contributed by atoms with E-state index in [1.54, 1.807) is 0 Å². The molecule has 8 N–H and O–H groups in total. The minimum absolute atomic E-state index is 0.182. The first kappa shape index (κ1) is 20.8. The first-order valence-corrected chi connectivity index (χ1v) is 8.46. The number of amides is 2. The Balaban J connectivity index is 3.39. The third kappa shape index (κ3) is 4.44. The molecule has 1 rings (SSSR count). The van der Waals surface area contributed by atoms with Crippen molar-refractivity contribution in [3.8, 4) is 0 Å². The van der Waals surface area contributed by atoms with E-state index in [9.17, 15) is 30.0 Å². The summed E-state index contributed by atoms with van der Waals surface area (Å²) in [5.74, 6) is -4.00. The normalized spacial score (nSPS) is 33.3. The van der Waals surface area contributed by atoms with Crippen molar-refractivity contribution < 1.29 is 30.0 Å². The predicted octanol–water partition coefficient (Wildman–Crippen LogP) is -1.80. The molecular weight excluding hydrogens is 316 g/mol. The molecule has 2 amide bonds. The Hall–Kier alpha value is -1.22. The summed E-state index contributed by atoms with van der Waals surface area (Å²) < 4.78 is 0. The SMILES string of the molecule is NC(=O)C1C(CCO)C(CCO)C(C(N)=O)C(CCO)C1CCO. The van der Waals surface area contributed by atoms with E-state index in [0.717, 1.165) is 0 Å². The quantitative estimate of drug-likeness (QED) is 0.273. The Morgan fingerprint density at radius 3 is 0.917 bits per heavy atom. The first-order chi connectivity index (χ1) is 11.4. The van der Waals surface area contributed by atoms with Crippen LogP contribution in [-0.4, -0.2) is 58.7 Å². The highest BCUT2D eigenvalue weighted by molar-refractivity contribution is 5.80. The van der Waals surface area contributed by atoms with Crippen LogP contribution in [0.5, 0.6) is 0 Å². The van der Waals surface area contributed by atoms with E-state index in [0.29, 0.717) is 0 Å². The molecule has 0 aliphatic heterocycles. The predicted molar refractivity (Wildman–Crippen MR) is 86.1 cm³/mol. The average Bonchev–Trinajstić information content (AvgIpc) is 2.51. The van der Waals surface area contributed by atoms with Gasteiger partial charge < -0.3 is 31.9 Å². The van der Waals surface area contributed by atoms with Gasteiger partial charge in [-0.2, -0.15) is 0 Å². The molecule has 1 fully saturated rings. The third-order valence-corrected chi connectivity index (χ3v) is 5.45. The third-order valence-electron chi connectivity index (χ3n) is 5.45. The van der Waals surface area contributed by atoms with Crippen LogP contribution < -0.4 is 11.5 Å². The van der Waals surface area contributed by atoms with Gasteiger partial charge in [-0.3, -0.25) is 9.59 Å². The standard InChI is InChI=1S/C16H30N2O6/c17-15(23)13-9(1-5-19)10(2-6-20)14(16(18)24)12(4-8-22)11(13)3-7-21/h9-14,19-22H,1-8H2,(H2,17,23)(H2,18,24). The molecule has 0 radical (unpaired) electrons. The van der Waals surface area contributed by atoms with Gasteiger partial charge in [-0.25, -0.2) is 0 Å². The van der Waals surface area contributed by atoms with Gasteiger partial charge in [-0.1, -0.05) is 0 Å². The first-order valence-electron chi connectivity index (χ1n) is 8.46. The molecule has 140 valence electrons. The molecule has 0 bridgehead atoms. The zero-order chi connectivity index (χ0) is 18.3. The molecule has 4 unspecified atom stereocenters. The molecule has 0 aromatic carbocycles. The second-order valence-electron chi connectivity index (χ2n) is 6.56. The molecule has 0 aromatic rings. The molecule has 1 aliphatic carbocycles. The maximum absolute atomic E-state index is 12.1. The summed E-state index contributed by atoms with van der Waals surface area (Å²) in [6.45, 7) is -0.729. The molecule has 0 aromatic heterocycles. The molecule has 1 saturated carbocycles. The van der Waals surface area contributed by atoms with Crippen LogP contribution in [0.2, 0.25) is 0 Å². The topological polar surface area (TPSA) is 167 Å². The number of hydrogen-bond acceptors (Lipinski definition) is 6. The van der Waals surface area contributed by atoms with Crippen LogP contribution in [0.15, 0.2) is 0 Å². The van der Waals surface area contributed by atoms with E-state index in [-0.39, 0.29) is 52.1 Å². The fourth-order valence-corrected chi connectivity index (χ4v) is 4.72. The monoisotopic (exact) mass is 346 g/mol. The lowest BCUT2D eigenvalue weighted by atomic mass is 9.53. The number of hydrogen-bond donors (Lipinski definition) is 6. The van der Waals surface area contributed by atoms with Gasteiger partial charge in [0, 0.05) is 38.3 Å². The molecule has 0 spiro atoms. The van der Waals surface area contributed by atoms with Crippen molar-refractivity contribution in [2.24, 2.45) is 47.0 Å². The van der Waals surface area contributed by atoms with Crippen LogP contribution in [-0.2, 0) is 9.59 Å². The highest BCUT2D eigenvalue weighted by atomic mass is 16.3. The summed E-state index contributed by atoms with van der Waals surface area (Å²) in [6, 6.07) is 0. The molecule has 8 nitrogen and oxygen atoms in total. The summed E-state index contributed by atoms with van der Waals surface area (Å²) >= 11 is 0. The van der Waals surface area contributed by atoms with E-state index < -0.39 is 47.3 Å². The lowest BCUT2D eigenvalue weighted by molar-refractivity contribution is -0.146. The molecular formula is C16H30N2O6. The van der Waals surface area contributed by atoms with Gasteiger partial charge in [-0.05, 0) is 49.4 Å². The van der Waals surface area contributed by atoms with Crippen LogP contribution in [0, 0.1) is 35.5 Å². The number of primary amides is 2. The van der Waals surface area contributed by atoms with Crippen molar-refractivity contribution in [1.82, 2.24) is 0 Å². The minimum Gasteiger partial charge on any atom is -0.396 e. The second kappa shape index (κ2) is 9.93. The maximum Gasteiger partial charge on any atom is 0.221 e. The number of carbonyl (C=O) groups excluding carboxylic acids is 2. The van der Waals surface area contributed by atoms with E-state index in [1.807, 2.05) is 0 Å². The van der Waals surface area contributed by atoms with Crippen molar-refractivity contribution >= 4 is 11.8 Å². The van der Waals surface area contributed by atoms with Gasteiger partial charge >= 0.3 is 0 Å². The molecule has 24 heavy (non-hydrogen) atoms. The molecule has 8 heteroatoms. The van der Waals surface area contributed by atoms with Crippen LogP contribution >= 0.6 is 0 Å². The van der Waals surface area contributed by atoms with Crippen LogP contribution in [0.25, 0.3) is 0 Å². The van der Waals surface area contributed by atoms with Gasteiger partial charge in [-0.15, -0.1) is 0 Å². The zero-order valence-corrected chi connectivity index (χ0v) is 13.9. The van der Waals surface area contributed by atoms with Crippen molar-refractivity contribution in [2.45, 2.75) is 25.7 Å². The summed E-state index contributed by atoms with van der Waals surface area (Å²) in [4.78, 5) is 24.2. The largest absolute Gasteiger partial charge is 0.396 e. The fourth-order valence-electron chi connectivity index (χ4n) is 4.72. The maximum atomic E-state index is 12.1. The summed E-state index contributed by atoms with van der Waals surface area (Å²) in [5, 5.41) is 37.6. The van der Waals surface area contributed by atoms with Crippen LogP contribution in [0.1, 0.15) is 25.7 Å². The Bertz CT molecular complexity index is 357.